The first kappa shape index (κ1) is 19.9. The highest BCUT2D eigenvalue weighted by molar-refractivity contribution is 8.00. The molecular weight excluding hydrogens is 374 g/mol. The maximum Gasteiger partial charge on any atom is 0.233 e. The Labute approximate surface area is 168 Å². The van der Waals surface area contributed by atoms with Crippen LogP contribution in [0.25, 0.3) is 0 Å². The molecule has 1 N–H and O–H groups in total. The molecule has 7 nitrogen and oxygen atoms in total. The Morgan fingerprint density at radius 3 is 2.50 bits per heavy atom. The number of hydrogen-bond acceptors (Lipinski definition) is 6. The second-order valence-corrected chi connectivity index (χ2v) is 7.74. The van der Waals surface area contributed by atoms with Gasteiger partial charge in [0.1, 0.15) is 5.75 Å². The van der Waals surface area contributed by atoms with Crippen molar-refractivity contribution in [2.24, 2.45) is 0 Å². The standard InChI is InChI=1S/C20H23N5O2S/c1-14-4-6-16(7-5-14)12-21-19(26)15(2)28-20-22-23-24-25(20)13-17-8-10-18(27-3)11-9-17/h4-11,15H,12-13H2,1-3H3,(H,21,26). The van der Waals surface area contributed by atoms with E-state index in [-0.39, 0.29) is 11.2 Å². The van der Waals surface area contributed by atoms with Crippen LogP contribution in [0.1, 0.15) is 23.6 Å². The highest BCUT2D eigenvalue weighted by Gasteiger charge is 2.18. The van der Waals surface area contributed by atoms with Gasteiger partial charge in [-0.25, -0.2) is 4.68 Å². The summed E-state index contributed by atoms with van der Waals surface area (Å²) in [4.78, 5) is 12.4. The average Bonchev–Trinajstić information content (AvgIpc) is 3.14. The van der Waals surface area contributed by atoms with Crippen molar-refractivity contribution >= 4 is 17.7 Å². The van der Waals surface area contributed by atoms with Crippen molar-refractivity contribution < 1.29 is 9.53 Å². The summed E-state index contributed by atoms with van der Waals surface area (Å²) in [5.74, 6) is 0.749. The lowest BCUT2D eigenvalue weighted by Crippen LogP contribution is -2.30. The fourth-order valence-electron chi connectivity index (χ4n) is 2.53. The maximum atomic E-state index is 12.4. The van der Waals surface area contributed by atoms with Gasteiger partial charge in [-0.2, -0.15) is 0 Å². The lowest BCUT2D eigenvalue weighted by molar-refractivity contribution is -0.120. The summed E-state index contributed by atoms with van der Waals surface area (Å²) >= 11 is 1.34. The number of nitrogens with zero attached hydrogens (tertiary/aromatic N) is 4. The Morgan fingerprint density at radius 2 is 1.82 bits per heavy atom. The second-order valence-electron chi connectivity index (χ2n) is 6.43. The first-order chi connectivity index (χ1) is 13.5. The molecule has 2 aromatic carbocycles. The zero-order chi connectivity index (χ0) is 19.9. The van der Waals surface area contributed by atoms with E-state index in [4.69, 9.17) is 4.74 Å². The molecule has 0 aliphatic heterocycles. The minimum Gasteiger partial charge on any atom is -0.497 e. The summed E-state index contributed by atoms with van der Waals surface area (Å²) < 4.78 is 6.86. The monoisotopic (exact) mass is 397 g/mol. The number of aryl methyl sites for hydroxylation is 1. The minimum atomic E-state index is -0.314. The Balaban J connectivity index is 1.56. The van der Waals surface area contributed by atoms with Crippen LogP contribution >= 0.6 is 11.8 Å². The minimum absolute atomic E-state index is 0.0513. The molecule has 0 spiro atoms. The van der Waals surface area contributed by atoms with Gasteiger partial charge in [-0.15, -0.1) is 5.10 Å². The Morgan fingerprint density at radius 1 is 1.14 bits per heavy atom. The summed E-state index contributed by atoms with van der Waals surface area (Å²) in [6, 6.07) is 15.8. The molecule has 1 aromatic heterocycles. The van der Waals surface area contributed by atoms with Gasteiger partial charge in [0.25, 0.3) is 0 Å². The fourth-order valence-corrected chi connectivity index (χ4v) is 3.35. The molecule has 0 bridgehead atoms. The first-order valence-corrected chi connectivity index (χ1v) is 9.82. The average molecular weight is 398 g/mol. The van der Waals surface area contributed by atoms with Crippen molar-refractivity contribution in [3.05, 3.63) is 65.2 Å². The van der Waals surface area contributed by atoms with E-state index >= 15 is 0 Å². The number of methoxy groups -OCH3 is 1. The number of carbonyl (C=O) groups is 1. The van der Waals surface area contributed by atoms with Crippen LogP contribution < -0.4 is 10.1 Å². The van der Waals surface area contributed by atoms with E-state index in [1.54, 1.807) is 11.8 Å². The molecule has 0 aliphatic carbocycles. The maximum absolute atomic E-state index is 12.4. The van der Waals surface area contributed by atoms with Crippen LogP contribution in [0.3, 0.4) is 0 Å². The van der Waals surface area contributed by atoms with Gasteiger partial charge in [-0.3, -0.25) is 4.79 Å². The van der Waals surface area contributed by atoms with Crippen molar-refractivity contribution in [1.82, 2.24) is 25.5 Å². The molecule has 1 atom stereocenters. The number of benzene rings is 2. The number of ether oxygens (including phenoxy) is 1. The Hall–Kier alpha value is -2.87. The summed E-state index contributed by atoms with van der Waals surface area (Å²) in [6.45, 7) is 4.91. The number of rotatable bonds is 8. The number of hydrogen-bond donors (Lipinski definition) is 1. The van der Waals surface area contributed by atoms with Gasteiger partial charge in [-0.05, 0) is 47.5 Å². The smallest absolute Gasteiger partial charge is 0.233 e. The van der Waals surface area contributed by atoms with Gasteiger partial charge in [-0.1, -0.05) is 53.7 Å². The molecule has 3 aromatic rings. The summed E-state index contributed by atoms with van der Waals surface area (Å²) in [5.41, 5.74) is 3.31. The number of carbonyl (C=O) groups excluding carboxylic acids is 1. The fraction of sp³-hybridized carbons (Fsp3) is 0.300. The molecule has 1 heterocycles. The zero-order valence-electron chi connectivity index (χ0n) is 16.1. The van der Waals surface area contributed by atoms with E-state index in [0.717, 1.165) is 16.9 Å². The molecule has 1 unspecified atom stereocenters. The quantitative estimate of drug-likeness (QED) is 0.589. The molecule has 146 valence electrons. The van der Waals surface area contributed by atoms with E-state index in [9.17, 15) is 4.79 Å². The predicted octanol–water partition coefficient (Wildman–Crippen LogP) is 2.84. The largest absolute Gasteiger partial charge is 0.497 e. The Bertz CT molecular complexity index is 909. The Kier molecular flexibility index (Phi) is 6.65. The molecule has 0 saturated carbocycles. The summed E-state index contributed by atoms with van der Waals surface area (Å²) in [6.07, 6.45) is 0. The molecule has 28 heavy (non-hydrogen) atoms. The summed E-state index contributed by atoms with van der Waals surface area (Å²) in [5, 5.41) is 15.1. The van der Waals surface area contributed by atoms with Crippen LogP contribution in [0.5, 0.6) is 5.75 Å². The van der Waals surface area contributed by atoms with Gasteiger partial charge >= 0.3 is 0 Å². The third kappa shape index (κ3) is 5.32. The van der Waals surface area contributed by atoms with Crippen molar-refractivity contribution in [2.75, 3.05) is 7.11 Å². The highest BCUT2D eigenvalue weighted by Crippen LogP contribution is 2.21. The number of aromatic nitrogens is 4. The van der Waals surface area contributed by atoms with Gasteiger partial charge in [0.15, 0.2) is 0 Å². The lowest BCUT2D eigenvalue weighted by atomic mass is 10.1. The number of nitrogens with one attached hydrogen (secondary N) is 1. The van der Waals surface area contributed by atoms with Gasteiger partial charge in [0.05, 0.1) is 18.9 Å². The molecule has 8 heteroatoms. The SMILES string of the molecule is COc1ccc(Cn2nnnc2SC(C)C(=O)NCc2ccc(C)cc2)cc1. The van der Waals surface area contributed by atoms with Crippen LogP contribution in [-0.4, -0.2) is 38.5 Å². The van der Waals surface area contributed by atoms with E-state index in [1.165, 1.54) is 17.3 Å². The molecular formula is C20H23N5O2S. The van der Waals surface area contributed by atoms with E-state index in [2.05, 4.69) is 20.8 Å². The number of amides is 1. The van der Waals surface area contributed by atoms with Crippen LogP contribution in [0.2, 0.25) is 0 Å². The van der Waals surface area contributed by atoms with Gasteiger partial charge in [0, 0.05) is 6.54 Å². The second kappa shape index (κ2) is 9.36. The first-order valence-electron chi connectivity index (χ1n) is 8.94. The number of tetrazole rings is 1. The van der Waals surface area contributed by atoms with Crippen LogP contribution in [-0.2, 0) is 17.9 Å². The van der Waals surface area contributed by atoms with E-state index in [1.807, 2.05) is 62.4 Å². The third-order valence-electron chi connectivity index (χ3n) is 4.23. The van der Waals surface area contributed by atoms with E-state index < -0.39 is 0 Å². The predicted molar refractivity (Wildman–Crippen MR) is 108 cm³/mol. The van der Waals surface area contributed by atoms with Crippen molar-refractivity contribution in [2.45, 2.75) is 37.3 Å². The van der Waals surface area contributed by atoms with Crippen molar-refractivity contribution in [1.29, 1.82) is 0 Å². The van der Waals surface area contributed by atoms with Gasteiger partial charge < -0.3 is 10.1 Å². The number of thioether (sulfide) groups is 1. The van der Waals surface area contributed by atoms with Crippen molar-refractivity contribution in [3.63, 3.8) is 0 Å². The molecule has 0 aliphatic rings. The van der Waals surface area contributed by atoms with Crippen LogP contribution in [0.4, 0.5) is 0 Å². The van der Waals surface area contributed by atoms with Crippen molar-refractivity contribution in [3.8, 4) is 5.75 Å². The van der Waals surface area contributed by atoms with Crippen LogP contribution in [0.15, 0.2) is 53.7 Å². The molecule has 0 fully saturated rings. The zero-order valence-corrected chi connectivity index (χ0v) is 16.9. The topological polar surface area (TPSA) is 81.9 Å². The highest BCUT2D eigenvalue weighted by atomic mass is 32.2. The molecule has 0 radical (unpaired) electrons. The molecule has 0 saturated heterocycles. The molecule has 3 rings (SSSR count). The molecule has 1 amide bonds. The lowest BCUT2D eigenvalue weighted by Gasteiger charge is -2.12. The van der Waals surface area contributed by atoms with Gasteiger partial charge in [0.2, 0.25) is 11.1 Å². The normalized spacial score (nSPS) is 11.8. The van der Waals surface area contributed by atoms with E-state index in [0.29, 0.717) is 18.2 Å². The summed E-state index contributed by atoms with van der Waals surface area (Å²) in [7, 11) is 1.64. The van der Waals surface area contributed by atoms with Crippen LogP contribution in [0, 0.1) is 6.92 Å². The third-order valence-corrected chi connectivity index (χ3v) is 5.30.